The van der Waals surface area contributed by atoms with Gasteiger partial charge in [0.25, 0.3) is 5.91 Å². The Kier molecular flexibility index (Phi) is 8.03. The predicted octanol–water partition coefficient (Wildman–Crippen LogP) is 4.30. The zero-order valence-corrected chi connectivity index (χ0v) is 19.5. The molecule has 1 unspecified atom stereocenters. The van der Waals surface area contributed by atoms with Crippen LogP contribution in [-0.2, 0) is 24.3 Å². The van der Waals surface area contributed by atoms with Crippen molar-refractivity contribution in [3.8, 4) is 0 Å². The third-order valence-corrected chi connectivity index (χ3v) is 7.68. The molecule has 1 amide bonds. The molecule has 0 bridgehead atoms. The number of anilines is 1. The fourth-order valence-electron chi connectivity index (χ4n) is 2.74. The van der Waals surface area contributed by atoms with Crippen LogP contribution >= 0.6 is 22.9 Å². The maximum Gasteiger partial charge on any atom is 0.308 e. The monoisotopic (exact) mass is 492 g/mol. The van der Waals surface area contributed by atoms with Crippen molar-refractivity contribution in [1.29, 1.82) is 0 Å². The number of aryl methyl sites for hydroxylation is 1. The quantitative estimate of drug-likeness (QED) is 0.433. The largest absolute Gasteiger partial charge is 0.447 e. The number of nitrogens with one attached hydrogen (secondary N) is 2. The molecule has 2 aromatic carbocycles. The van der Waals surface area contributed by atoms with E-state index in [1.54, 1.807) is 60.0 Å². The molecule has 3 rings (SSSR count). The average Bonchev–Trinajstić information content (AvgIpc) is 3.31. The van der Waals surface area contributed by atoms with Gasteiger partial charge in [-0.3, -0.25) is 9.59 Å². The molecule has 0 radical (unpaired) electrons. The summed E-state index contributed by atoms with van der Waals surface area (Å²) in [6.45, 7) is 1.69. The highest BCUT2D eigenvalue weighted by atomic mass is 35.5. The molecule has 2 N–H and O–H groups in total. The van der Waals surface area contributed by atoms with Crippen LogP contribution in [0, 0.1) is 6.92 Å². The van der Waals surface area contributed by atoms with Gasteiger partial charge in [-0.2, -0.15) is 0 Å². The summed E-state index contributed by atoms with van der Waals surface area (Å²) in [6.07, 6.45) is -1.45. The smallest absolute Gasteiger partial charge is 0.308 e. The fourth-order valence-corrected chi connectivity index (χ4v) is 4.99. The number of sulfonamides is 1. The van der Waals surface area contributed by atoms with Crippen molar-refractivity contribution in [2.24, 2.45) is 0 Å². The molecule has 0 aliphatic heterocycles. The van der Waals surface area contributed by atoms with E-state index in [0.29, 0.717) is 16.3 Å². The van der Waals surface area contributed by atoms with Gasteiger partial charge in [-0.05, 0) is 36.1 Å². The lowest BCUT2D eigenvalue weighted by molar-refractivity contribution is -0.154. The van der Waals surface area contributed by atoms with Gasteiger partial charge in [-0.1, -0.05) is 54.1 Å². The second-order valence-electron chi connectivity index (χ2n) is 6.81. The number of rotatable bonds is 9. The van der Waals surface area contributed by atoms with E-state index < -0.39 is 28.0 Å². The average molecular weight is 493 g/mol. The van der Waals surface area contributed by atoms with E-state index in [1.165, 1.54) is 6.07 Å². The van der Waals surface area contributed by atoms with Crippen molar-refractivity contribution in [1.82, 2.24) is 4.72 Å². The standard InChI is InChI=1S/C22H21ClN2O5S2/c1-15-9-10-17(14-18(15)23)25-22(27)21(16-6-3-2-4-7-16)30-19(26)11-12-24-32(28,29)20-8-5-13-31-20/h2-10,13-14,21,24H,11-12H2,1H3,(H,25,27). The number of carbonyl (C=O) groups is 2. The van der Waals surface area contributed by atoms with Crippen LogP contribution in [-0.4, -0.2) is 26.8 Å². The van der Waals surface area contributed by atoms with Crippen LogP contribution in [0.3, 0.4) is 0 Å². The van der Waals surface area contributed by atoms with Crippen LogP contribution in [0.2, 0.25) is 5.02 Å². The van der Waals surface area contributed by atoms with Crippen molar-refractivity contribution >= 4 is 50.5 Å². The molecule has 3 aromatic rings. The zero-order chi connectivity index (χ0) is 23.1. The highest BCUT2D eigenvalue weighted by molar-refractivity contribution is 7.91. The normalized spacial score (nSPS) is 12.2. The van der Waals surface area contributed by atoms with Gasteiger partial charge in [0.1, 0.15) is 4.21 Å². The molecular formula is C22H21ClN2O5S2. The summed E-state index contributed by atoms with van der Waals surface area (Å²) >= 11 is 7.19. The number of esters is 1. The molecular weight excluding hydrogens is 472 g/mol. The number of halogens is 1. The SMILES string of the molecule is Cc1ccc(NC(=O)C(OC(=O)CCNS(=O)(=O)c2cccs2)c2ccccc2)cc1Cl. The molecule has 1 atom stereocenters. The van der Waals surface area contributed by atoms with Gasteiger partial charge in [0.2, 0.25) is 16.1 Å². The number of ether oxygens (including phenoxy) is 1. The first-order chi connectivity index (χ1) is 15.3. The molecule has 0 fully saturated rings. The highest BCUT2D eigenvalue weighted by Gasteiger charge is 2.25. The number of benzene rings is 2. The maximum atomic E-state index is 12.9. The molecule has 168 valence electrons. The third-order valence-electron chi connectivity index (χ3n) is 4.41. The minimum Gasteiger partial charge on any atom is -0.447 e. The van der Waals surface area contributed by atoms with Crippen molar-refractivity contribution in [3.63, 3.8) is 0 Å². The van der Waals surface area contributed by atoms with Crippen LogP contribution in [0.1, 0.15) is 23.7 Å². The van der Waals surface area contributed by atoms with E-state index in [0.717, 1.165) is 16.9 Å². The first kappa shape index (κ1) is 23.9. The second-order valence-corrected chi connectivity index (χ2v) is 10.2. The molecule has 7 nitrogen and oxygen atoms in total. The van der Waals surface area contributed by atoms with E-state index in [4.69, 9.17) is 16.3 Å². The topological polar surface area (TPSA) is 102 Å². The number of thiophene rings is 1. The third kappa shape index (κ3) is 6.39. The van der Waals surface area contributed by atoms with E-state index in [1.807, 2.05) is 6.92 Å². The van der Waals surface area contributed by atoms with Crippen LogP contribution in [0.5, 0.6) is 0 Å². The Labute approximate surface area is 195 Å². The summed E-state index contributed by atoms with van der Waals surface area (Å²) in [7, 11) is -3.69. The van der Waals surface area contributed by atoms with Gasteiger partial charge in [0.15, 0.2) is 0 Å². The number of amides is 1. The summed E-state index contributed by atoms with van der Waals surface area (Å²) < 4.78 is 32.2. The van der Waals surface area contributed by atoms with Crippen LogP contribution in [0.25, 0.3) is 0 Å². The van der Waals surface area contributed by atoms with Gasteiger partial charge < -0.3 is 10.1 Å². The van der Waals surface area contributed by atoms with Crippen LogP contribution < -0.4 is 10.0 Å². The lowest BCUT2D eigenvalue weighted by Crippen LogP contribution is -2.29. The van der Waals surface area contributed by atoms with Gasteiger partial charge in [0.05, 0.1) is 6.42 Å². The summed E-state index contributed by atoms with van der Waals surface area (Å²) in [4.78, 5) is 25.3. The van der Waals surface area contributed by atoms with E-state index in [9.17, 15) is 18.0 Å². The van der Waals surface area contributed by atoms with Crippen molar-refractivity contribution in [2.75, 3.05) is 11.9 Å². The van der Waals surface area contributed by atoms with Gasteiger partial charge >= 0.3 is 5.97 Å². The molecule has 0 aliphatic rings. The summed E-state index contributed by atoms with van der Waals surface area (Å²) in [6, 6.07) is 16.7. The number of hydrogen-bond donors (Lipinski definition) is 2. The van der Waals surface area contributed by atoms with Crippen molar-refractivity contribution < 1.29 is 22.7 Å². The van der Waals surface area contributed by atoms with E-state index in [2.05, 4.69) is 10.0 Å². The zero-order valence-electron chi connectivity index (χ0n) is 17.1. The summed E-state index contributed by atoms with van der Waals surface area (Å²) in [5.74, 6) is -1.27. The van der Waals surface area contributed by atoms with Crippen LogP contribution in [0.15, 0.2) is 70.3 Å². The minimum atomic E-state index is -3.69. The Balaban J connectivity index is 1.65. The first-order valence-corrected chi connectivity index (χ1v) is 12.3. The lowest BCUT2D eigenvalue weighted by Gasteiger charge is -2.18. The van der Waals surface area contributed by atoms with Gasteiger partial charge in [-0.15, -0.1) is 11.3 Å². The predicted molar refractivity (Wildman–Crippen MR) is 124 cm³/mol. The summed E-state index contributed by atoms with van der Waals surface area (Å²) in [5.41, 5.74) is 1.81. The molecule has 0 aliphatic carbocycles. The Bertz CT molecular complexity index is 1180. The summed E-state index contributed by atoms with van der Waals surface area (Å²) in [5, 5.41) is 4.84. The van der Waals surface area contributed by atoms with Crippen molar-refractivity contribution in [3.05, 3.63) is 82.2 Å². The number of carbonyl (C=O) groups excluding carboxylic acids is 2. The fraction of sp³-hybridized carbons (Fsp3) is 0.182. The molecule has 0 saturated carbocycles. The minimum absolute atomic E-state index is 0.157. The lowest BCUT2D eigenvalue weighted by atomic mass is 10.1. The first-order valence-electron chi connectivity index (χ1n) is 9.61. The Hall–Kier alpha value is -2.72. The second kappa shape index (κ2) is 10.7. The molecule has 0 saturated heterocycles. The van der Waals surface area contributed by atoms with Gasteiger partial charge in [0, 0.05) is 22.8 Å². The molecule has 0 spiro atoms. The molecule has 1 heterocycles. The molecule has 32 heavy (non-hydrogen) atoms. The molecule has 10 heteroatoms. The van der Waals surface area contributed by atoms with Gasteiger partial charge in [-0.25, -0.2) is 13.1 Å². The Morgan fingerprint density at radius 1 is 1.09 bits per heavy atom. The Morgan fingerprint density at radius 2 is 1.84 bits per heavy atom. The van der Waals surface area contributed by atoms with E-state index >= 15 is 0 Å². The molecule has 1 aromatic heterocycles. The van der Waals surface area contributed by atoms with E-state index in [-0.39, 0.29) is 17.2 Å². The van der Waals surface area contributed by atoms with Crippen LogP contribution in [0.4, 0.5) is 5.69 Å². The highest BCUT2D eigenvalue weighted by Crippen LogP contribution is 2.24. The number of hydrogen-bond acceptors (Lipinski definition) is 6. The van der Waals surface area contributed by atoms with Crippen molar-refractivity contribution in [2.45, 2.75) is 23.7 Å². The maximum absolute atomic E-state index is 12.9. The Morgan fingerprint density at radius 3 is 2.50 bits per heavy atom.